The molecule has 5 atom stereocenters. The summed E-state index contributed by atoms with van der Waals surface area (Å²) >= 11 is 0. The van der Waals surface area contributed by atoms with Crippen molar-refractivity contribution in [3.8, 4) is 11.5 Å². The molecule has 256 valence electrons. The molecule has 0 radical (unpaired) electrons. The Morgan fingerprint density at radius 1 is 1.28 bits per heavy atom. The number of ketones is 2. The van der Waals surface area contributed by atoms with Crippen molar-refractivity contribution in [3.63, 3.8) is 0 Å². The van der Waals surface area contributed by atoms with E-state index in [-0.39, 0.29) is 55.4 Å². The number of methoxy groups -OCH3 is 1. The third-order valence-corrected chi connectivity index (χ3v) is 10.1. The smallest absolute Gasteiger partial charge is 0.414 e. The zero-order chi connectivity index (χ0) is 34.1. The first-order chi connectivity index (χ1) is 22.3. The minimum Gasteiger partial charge on any atom is -0.493 e. The highest BCUT2D eigenvalue weighted by Crippen LogP contribution is 2.65. The van der Waals surface area contributed by atoms with Crippen LogP contribution in [-0.4, -0.2) is 110 Å². The number of aliphatic imine (C=N–C) groups is 1. The first kappa shape index (κ1) is 34.2. The maximum absolute atomic E-state index is 13.3. The second-order valence-electron chi connectivity index (χ2n) is 13.1. The Hall–Kier alpha value is -4.17. The Bertz CT molecular complexity index is 1490. The molecule has 1 aromatic rings. The topological polar surface area (TPSA) is 199 Å². The average Bonchev–Trinajstić information content (AvgIpc) is 3.37. The van der Waals surface area contributed by atoms with Crippen LogP contribution in [-0.2, 0) is 31.0 Å². The van der Waals surface area contributed by atoms with E-state index in [0.29, 0.717) is 55.9 Å². The number of benzene rings is 1. The van der Waals surface area contributed by atoms with Gasteiger partial charge in [0.05, 0.1) is 24.5 Å². The number of nitrogens with two attached hydrogens (primary N) is 2. The molecule has 0 unspecified atom stereocenters. The third kappa shape index (κ3) is 6.28. The first-order valence-electron chi connectivity index (χ1n) is 16.1. The Kier molecular flexibility index (Phi) is 9.83. The van der Waals surface area contributed by atoms with Gasteiger partial charge in [0.15, 0.2) is 23.6 Å². The van der Waals surface area contributed by atoms with Crippen molar-refractivity contribution in [3.05, 3.63) is 35.1 Å². The molecule has 4 aliphatic rings. The van der Waals surface area contributed by atoms with Crippen molar-refractivity contribution in [1.82, 2.24) is 15.1 Å². The number of guanidine groups is 1. The summed E-state index contributed by atoms with van der Waals surface area (Å²) in [6.45, 7) is 2.62. The predicted octanol–water partition coefficient (Wildman–Crippen LogP) is 0.766. The van der Waals surface area contributed by atoms with Crippen molar-refractivity contribution in [2.24, 2.45) is 22.4 Å². The lowest BCUT2D eigenvalue weighted by Crippen LogP contribution is -2.74. The summed E-state index contributed by atoms with van der Waals surface area (Å²) in [4.78, 5) is 57.6. The SMILES string of the molecule is COc1ccc2c3c1O[C@H]1C(OC(=O)N(C)CCNC(=O)[C@@H](CCCN=C(N)N)CC(=O)CC(C)=O)=CC[C@@]4(O)[C@@H](C2)N(C)CC[C@]314. The van der Waals surface area contributed by atoms with Crippen LogP contribution in [0, 0.1) is 5.92 Å². The lowest BCUT2D eigenvalue weighted by atomic mass is 9.50. The number of hydrogen-bond donors (Lipinski definition) is 4. The van der Waals surface area contributed by atoms with Gasteiger partial charge in [-0.05, 0) is 63.9 Å². The number of ether oxygens (including phenoxy) is 3. The fraction of sp³-hybridized carbons (Fsp3) is 0.606. The summed E-state index contributed by atoms with van der Waals surface area (Å²) in [5.74, 6) is -0.173. The number of piperidine rings is 1. The quantitative estimate of drug-likeness (QED) is 0.0956. The zero-order valence-electron chi connectivity index (χ0n) is 27.5. The molecular formula is C33H46N6O8. The second kappa shape index (κ2) is 13.5. The minimum atomic E-state index is -1.12. The lowest BCUT2D eigenvalue weighted by molar-refractivity contribution is -0.163. The van der Waals surface area contributed by atoms with Gasteiger partial charge in [0, 0.05) is 57.0 Å². The molecule has 47 heavy (non-hydrogen) atoms. The van der Waals surface area contributed by atoms with Crippen LogP contribution in [0.15, 0.2) is 29.0 Å². The Morgan fingerprint density at radius 2 is 2.04 bits per heavy atom. The third-order valence-electron chi connectivity index (χ3n) is 10.1. The van der Waals surface area contributed by atoms with E-state index in [4.69, 9.17) is 25.7 Å². The fourth-order valence-corrected chi connectivity index (χ4v) is 7.85. The van der Waals surface area contributed by atoms with Crippen molar-refractivity contribution >= 4 is 29.5 Å². The van der Waals surface area contributed by atoms with Gasteiger partial charge in [-0.25, -0.2) is 4.79 Å². The molecule has 14 heteroatoms. The van der Waals surface area contributed by atoms with E-state index in [2.05, 4.69) is 15.2 Å². The van der Waals surface area contributed by atoms with Gasteiger partial charge < -0.3 is 45.9 Å². The number of nitrogens with one attached hydrogen (secondary N) is 1. The Labute approximate surface area is 274 Å². The number of likely N-dealkylation sites (tertiary alicyclic amines) is 1. The summed E-state index contributed by atoms with van der Waals surface area (Å²) < 4.78 is 18.1. The Morgan fingerprint density at radius 3 is 2.74 bits per heavy atom. The molecule has 1 saturated heterocycles. The molecular weight excluding hydrogens is 608 g/mol. The molecule has 5 rings (SSSR count). The van der Waals surface area contributed by atoms with E-state index in [9.17, 15) is 24.3 Å². The Balaban J connectivity index is 1.23. The van der Waals surface area contributed by atoms with E-state index < -0.39 is 29.1 Å². The monoisotopic (exact) mass is 654 g/mol. The molecule has 2 aliphatic carbocycles. The molecule has 0 saturated carbocycles. The standard InChI is InChI=1S/C33H46N6O8/c1-19(40)16-22(41)17-21(6-5-12-37-30(34)35)29(42)36-13-15-39(3)31(43)46-24-9-10-33(44)25-18-20-7-8-23(45-4)27-26(20)32(33,28(24)47-27)11-14-38(25)2/h7-9,21,25,28,44H,5-6,10-18H2,1-4H3,(H,36,42)(H4,34,35,37)/t21-,25+,28-,32-,33+/m0/s1. The molecule has 2 bridgehead atoms. The van der Waals surface area contributed by atoms with Gasteiger partial charge in [-0.15, -0.1) is 0 Å². The minimum absolute atomic E-state index is 0.0595. The van der Waals surface area contributed by atoms with Crippen LogP contribution in [0.5, 0.6) is 11.5 Å². The van der Waals surface area contributed by atoms with Gasteiger partial charge in [-0.2, -0.15) is 0 Å². The number of likely N-dealkylation sites (N-methyl/N-ethyl adjacent to an activating group) is 2. The van der Waals surface area contributed by atoms with E-state index in [0.717, 1.165) is 17.7 Å². The number of rotatable bonds is 14. The molecule has 1 fully saturated rings. The second-order valence-corrected chi connectivity index (χ2v) is 13.1. The van der Waals surface area contributed by atoms with Crippen LogP contribution >= 0.6 is 0 Å². The summed E-state index contributed by atoms with van der Waals surface area (Å²) in [6, 6.07) is 3.80. The van der Waals surface area contributed by atoms with Crippen LogP contribution in [0.3, 0.4) is 0 Å². The van der Waals surface area contributed by atoms with Crippen molar-refractivity contribution in [2.75, 3.05) is 47.4 Å². The maximum atomic E-state index is 13.3. The number of amides is 2. The maximum Gasteiger partial charge on any atom is 0.414 e. The molecule has 6 N–H and O–H groups in total. The number of Topliss-reactive ketones (excluding diaryl/α,β-unsaturated/α-hetero) is 2. The van der Waals surface area contributed by atoms with Gasteiger partial charge >= 0.3 is 6.09 Å². The van der Waals surface area contributed by atoms with E-state index >= 15 is 0 Å². The summed E-state index contributed by atoms with van der Waals surface area (Å²) in [7, 11) is 5.17. The van der Waals surface area contributed by atoms with E-state index in [1.54, 1.807) is 20.2 Å². The summed E-state index contributed by atoms with van der Waals surface area (Å²) in [5.41, 5.74) is 10.9. The number of carbonyl (C=O) groups is 4. The summed E-state index contributed by atoms with van der Waals surface area (Å²) in [5, 5.41) is 15.2. The van der Waals surface area contributed by atoms with Crippen LogP contribution in [0.4, 0.5) is 4.79 Å². The molecule has 2 aliphatic heterocycles. The number of hydrogen-bond acceptors (Lipinski definition) is 10. The van der Waals surface area contributed by atoms with Crippen molar-refractivity contribution in [1.29, 1.82) is 0 Å². The van der Waals surface area contributed by atoms with Gasteiger partial charge in [0.1, 0.15) is 17.3 Å². The number of nitrogens with zero attached hydrogens (tertiary/aromatic N) is 3. The zero-order valence-corrected chi connectivity index (χ0v) is 27.5. The van der Waals surface area contributed by atoms with Crippen LogP contribution < -0.4 is 26.3 Å². The van der Waals surface area contributed by atoms with E-state index in [1.807, 2.05) is 19.2 Å². The number of aliphatic hydroxyl groups is 1. The normalized spacial score (nSPS) is 25.8. The molecule has 14 nitrogen and oxygen atoms in total. The van der Waals surface area contributed by atoms with Gasteiger partial charge in [0.2, 0.25) is 5.91 Å². The molecule has 0 aromatic heterocycles. The van der Waals surface area contributed by atoms with Crippen molar-refractivity contribution < 1.29 is 38.5 Å². The molecule has 2 heterocycles. The first-order valence-corrected chi connectivity index (χ1v) is 16.1. The van der Waals surface area contributed by atoms with Crippen molar-refractivity contribution in [2.45, 2.75) is 75.0 Å². The van der Waals surface area contributed by atoms with Crippen LogP contribution in [0.25, 0.3) is 0 Å². The molecule has 2 amide bonds. The lowest BCUT2D eigenvalue weighted by Gasteiger charge is -2.61. The highest BCUT2D eigenvalue weighted by Gasteiger charge is 2.72. The van der Waals surface area contributed by atoms with Gasteiger partial charge in [0.25, 0.3) is 0 Å². The summed E-state index contributed by atoms with van der Waals surface area (Å²) in [6.07, 6.45) is 2.51. The highest BCUT2D eigenvalue weighted by molar-refractivity contribution is 5.99. The molecule has 1 spiro atoms. The van der Waals surface area contributed by atoms with E-state index in [1.165, 1.54) is 11.8 Å². The van der Waals surface area contributed by atoms with Gasteiger partial charge in [-0.3, -0.25) is 19.4 Å². The fourth-order valence-electron chi connectivity index (χ4n) is 7.85. The van der Waals surface area contributed by atoms with Crippen LogP contribution in [0.2, 0.25) is 0 Å². The number of carbonyl (C=O) groups excluding carboxylic acids is 4. The predicted molar refractivity (Wildman–Crippen MR) is 172 cm³/mol. The van der Waals surface area contributed by atoms with Gasteiger partial charge in [-0.1, -0.05) is 6.07 Å². The highest BCUT2D eigenvalue weighted by atomic mass is 16.6. The molecule has 1 aromatic carbocycles. The largest absolute Gasteiger partial charge is 0.493 e. The van der Waals surface area contributed by atoms with Crippen LogP contribution in [0.1, 0.15) is 56.6 Å². The average molecular weight is 655 g/mol.